The Morgan fingerprint density at radius 2 is 1.95 bits per heavy atom. The van der Waals surface area contributed by atoms with Gasteiger partial charge < -0.3 is 16.0 Å². The van der Waals surface area contributed by atoms with Crippen LogP contribution in [-0.4, -0.2) is 28.0 Å². The van der Waals surface area contributed by atoms with Crippen molar-refractivity contribution in [1.29, 1.82) is 0 Å². The van der Waals surface area contributed by atoms with E-state index in [1.165, 1.54) is 0 Å². The predicted molar refractivity (Wildman–Crippen MR) is 83.5 cm³/mol. The average molecular weight is 290 g/mol. The SMILES string of the molecule is CC(CCO)Sc1ccc(/C(N)=N/O)c2ccccc12. The number of hydrogen-bond acceptors (Lipinski definition) is 4. The van der Waals surface area contributed by atoms with Crippen molar-refractivity contribution in [2.45, 2.75) is 23.5 Å². The lowest BCUT2D eigenvalue weighted by atomic mass is 10.0. The van der Waals surface area contributed by atoms with E-state index in [4.69, 9.17) is 16.0 Å². The van der Waals surface area contributed by atoms with E-state index in [-0.39, 0.29) is 12.4 Å². The highest BCUT2D eigenvalue weighted by molar-refractivity contribution is 8.00. The van der Waals surface area contributed by atoms with Crippen LogP contribution in [0, 0.1) is 0 Å². The molecule has 5 heteroatoms. The van der Waals surface area contributed by atoms with Gasteiger partial charge in [-0.15, -0.1) is 11.8 Å². The number of thioether (sulfide) groups is 1. The molecule has 2 aromatic carbocycles. The molecule has 1 atom stereocenters. The van der Waals surface area contributed by atoms with E-state index in [0.29, 0.717) is 5.25 Å². The zero-order valence-electron chi connectivity index (χ0n) is 11.3. The normalized spacial score (nSPS) is 13.6. The maximum Gasteiger partial charge on any atom is 0.170 e. The molecule has 1 unspecified atom stereocenters. The number of aliphatic hydroxyl groups is 1. The van der Waals surface area contributed by atoms with E-state index in [9.17, 15) is 0 Å². The third-order valence-electron chi connectivity index (χ3n) is 3.13. The monoisotopic (exact) mass is 290 g/mol. The molecule has 2 rings (SSSR count). The maximum absolute atomic E-state index is 9.00. The Kier molecular flexibility index (Phi) is 4.87. The van der Waals surface area contributed by atoms with Crippen molar-refractivity contribution in [1.82, 2.24) is 0 Å². The molecule has 0 saturated carbocycles. The van der Waals surface area contributed by atoms with Gasteiger partial charge in [-0.25, -0.2) is 0 Å². The van der Waals surface area contributed by atoms with Gasteiger partial charge in [0.1, 0.15) is 0 Å². The molecule has 0 aromatic heterocycles. The molecule has 0 aliphatic heterocycles. The van der Waals surface area contributed by atoms with Crippen molar-refractivity contribution in [3.63, 3.8) is 0 Å². The van der Waals surface area contributed by atoms with Gasteiger partial charge >= 0.3 is 0 Å². The first kappa shape index (κ1) is 14.7. The van der Waals surface area contributed by atoms with Crippen LogP contribution in [0.5, 0.6) is 0 Å². The number of hydrogen-bond donors (Lipinski definition) is 3. The smallest absolute Gasteiger partial charge is 0.170 e. The number of oxime groups is 1. The van der Waals surface area contributed by atoms with Crippen LogP contribution in [0.15, 0.2) is 46.4 Å². The second kappa shape index (κ2) is 6.63. The molecular formula is C15H18N2O2S. The van der Waals surface area contributed by atoms with Gasteiger partial charge in [0.25, 0.3) is 0 Å². The molecule has 0 heterocycles. The zero-order valence-corrected chi connectivity index (χ0v) is 12.1. The maximum atomic E-state index is 9.00. The molecule has 2 aromatic rings. The Bertz CT molecular complexity index is 628. The van der Waals surface area contributed by atoms with E-state index >= 15 is 0 Å². The summed E-state index contributed by atoms with van der Waals surface area (Å²) in [4.78, 5) is 1.14. The number of rotatable bonds is 5. The van der Waals surface area contributed by atoms with E-state index in [1.54, 1.807) is 11.8 Å². The average Bonchev–Trinajstić information content (AvgIpc) is 2.47. The van der Waals surface area contributed by atoms with Gasteiger partial charge in [-0.1, -0.05) is 36.3 Å². The van der Waals surface area contributed by atoms with Crippen molar-refractivity contribution in [2.24, 2.45) is 10.9 Å². The van der Waals surface area contributed by atoms with Crippen molar-refractivity contribution in [3.8, 4) is 0 Å². The van der Waals surface area contributed by atoms with Crippen LogP contribution in [0.3, 0.4) is 0 Å². The number of nitrogens with zero attached hydrogens (tertiary/aromatic N) is 1. The summed E-state index contributed by atoms with van der Waals surface area (Å²) in [5, 5.41) is 23.3. The lowest BCUT2D eigenvalue weighted by Crippen LogP contribution is -2.13. The first-order chi connectivity index (χ1) is 9.67. The standard InChI is InChI=1S/C15H18N2O2S/c1-10(8-9-18)20-14-7-6-13(15(16)17-19)11-4-2-3-5-12(11)14/h2-7,10,18-19H,8-9H2,1H3,(H2,16,17). The second-order valence-electron chi connectivity index (χ2n) is 4.58. The van der Waals surface area contributed by atoms with Crippen LogP contribution >= 0.6 is 11.8 Å². The minimum atomic E-state index is 0.112. The van der Waals surface area contributed by atoms with Crippen LogP contribution in [0.4, 0.5) is 0 Å². The second-order valence-corrected chi connectivity index (χ2v) is 6.06. The fourth-order valence-electron chi connectivity index (χ4n) is 2.11. The zero-order chi connectivity index (χ0) is 14.5. The van der Waals surface area contributed by atoms with Crippen molar-refractivity contribution < 1.29 is 10.3 Å². The van der Waals surface area contributed by atoms with Crippen LogP contribution in [0.2, 0.25) is 0 Å². The number of fused-ring (bicyclic) bond motifs is 1. The molecule has 0 bridgehead atoms. The number of nitrogens with two attached hydrogens (primary N) is 1. The molecule has 0 radical (unpaired) electrons. The summed E-state index contributed by atoms with van der Waals surface area (Å²) in [7, 11) is 0. The van der Waals surface area contributed by atoms with Crippen LogP contribution in [0.25, 0.3) is 10.8 Å². The summed E-state index contributed by atoms with van der Waals surface area (Å²) in [6, 6.07) is 11.7. The van der Waals surface area contributed by atoms with E-state index in [2.05, 4.69) is 12.1 Å². The molecule has 20 heavy (non-hydrogen) atoms. The highest BCUT2D eigenvalue weighted by Gasteiger charge is 2.11. The molecule has 0 fully saturated rings. The summed E-state index contributed by atoms with van der Waals surface area (Å²) in [5.41, 5.74) is 6.44. The Morgan fingerprint density at radius 1 is 1.25 bits per heavy atom. The molecule has 106 valence electrons. The molecule has 4 N–H and O–H groups in total. The minimum Gasteiger partial charge on any atom is -0.409 e. The van der Waals surface area contributed by atoms with Crippen molar-refractivity contribution >= 4 is 28.4 Å². The lowest BCUT2D eigenvalue weighted by Gasteiger charge is -2.13. The van der Waals surface area contributed by atoms with Gasteiger partial charge in [0.05, 0.1) is 0 Å². The topological polar surface area (TPSA) is 78.8 Å². The van der Waals surface area contributed by atoms with Crippen LogP contribution < -0.4 is 5.73 Å². The Hall–Kier alpha value is -1.72. The molecule has 0 spiro atoms. The Balaban J connectivity index is 2.49. The first-order valence-corrected chi connectivity index (χ1v) is 7.32. The van der Waals surface area contributed by atoms with Crippen molar-refractivity contribution in [2.75, 3.05) is 6.61 Å². The molecule has 4 nitrogen and oxygen atoms in total. The van der Waals surface area contributed by atoms with Gasteiger partial charge in [-0.05, 0) is 29.3 Å². The fourth-order valence-corrected chi connectivity index (χ4v) is 3.22. The summed E-state index contributed by atoms with van der Waals surface area (Å²) in [6.45, 7) is 2.28. The van der Waals surface area contributed by atoms with Gasteiger partial charge in [0, 0.05) is 22.3 Å². The number of benzene rings is 2. The Labute approximate surface area is 122 Å². The summed E-state index contributed by atoms with van der Waals surface area (Å²) >= 11 is 1.72. The minimum absolute atomic E-state index is 0.112. The Morgan fingerprint density at radius 3 is 2.60 bits per heavy atom. The third kappa shape index (κ3) is 3.05. The van der Waals surface area contributed by atoms with Crippen molar-refractivity contribution in [3.05, 3.63) is 42.0 Å². The fraction of sp³-hybridized carbons (Fsp3) is 0.267. The summed E-state index contributed by atoms with van der Waals surface area (Å²) in [5.74, 6) is 0.112. The van der Waals surface area contributed by atoms with Gasteiger partial charge in [0.15, 0.2) is 5.84 Å². The molecule has 0 amide bonds. The summed E-state index contributed by atoms with van der Waals surface area (Å²) in [6.07, 6.45) is 0.751. The quantitative estimate of drug-likeness (QED) is 0.260. The largest absolute Gasteiger partial charge is 0.409 e. The van der Waals surface area contributed by atoms with E-state index in [1.807, 2.05) is 36.4 Å². The van der Waals surface area contributed by atoms with Gasteiger partial charge in [0.2, 0.25) is 0 Å². The molecule has 0 saturated heterocycles. The van der Waals surface area contributed by atoms with Crippen LogP contribution in [-0.2, 0) is 0 Å². The van der Waals surface area contributed by atoms with Crippen LogP contribution in [0.1, 0.15) is 18.9 Å². The van der Waals surface area contributed by atoms with Gasteiger partial charge in [-0.3, -0.25) is 0 Å². The van der Waals surface area contributed by atoms with E-state index < -0.39 is 0 Å². The number of aliphatic hydroxyl groups excluding tert-OH is 1. The predicted octanol–water partition coefficient (Wildman–Crippen LogP) is 2.80. The lowest BCUT2D eigenvalue weighted by molar-refractivity contribution is 0.289. The van der Waals surface area contributed by atoms with Gasteiger partial charge in [-0.2, -0.15) is 0 Å². The third-order valence-corrected chi connectivity index (χ3v) is 4.38. The number of amidine groups is 1. The molecular weight excluding hydrogens is 272 g/mol. The highest BCUT2D eigenvalue weighted by Crippen LogP contribution is 2.33. The highest BCUT2D eigenvalue weighted by atomic mass is 32.2. The molecule has 0 aliphatic carbocycles. The molecule has 0 aliphatic rings. The van der Waals surface area contributed by atoms with E-state index in [0.717, 1.165) is 27.7 Å². The first-order valence-electron chi connectivity index (χ1n) is 6.44. The summed E-state index contributed by atoms with van der Waals surface area (Å²) < 4.78 is 0.